The van der Waals surface area contributed by atoms with Crippen LogP contribution in [0.4, 0.5) is 0 Å². The van der Waals surface area contributed by atoms with Crippen molar-refractivity contribution in [1.29, 1.82) is 0 Å². The highest BCUT2D eigenvalue weighted by Gasteiger charge is 2.18. The number of hydrogen-bond donors (Lipinski definition) is 1. The minimum Gasteiger partial charge on any atom is -0.383 e. The molecule has 74 valence electrons. The second-order valence-corrected chi connectivity index (χ2v) is 3.88. The van der Waals surface area contributed by atoms with E-state index in [9.17, 15) is 0 Å². The van der Waals surface area contributed by atoms with Crippen molar-refractivity contribution in [2.75, 3.05) is 40.9 Å². The van der Waals surface area contributed by atoms with Crippen molar-refractivity contribution in [2.24, 2.45) is 0 Å². The molecule has 0 aromatic carbocycles. The third-order valence-electron chi connectivity index (χ3n) is 2.25. The Kier molecular flexibility index (Phi) is 5.46. The van der Waals surface area contributed by atoms with Crippen LogP contribution in [0.2, 0.25) is 0 Å². The summed E-state index contributed by atoms with van der Waals surface area (Å²) in [5.41, 5.74) is 0.216. The lowest BCUT2D eigenvalue weighted by atomic mass is 10.0. The highest BCUT2D eigenvalue weighted by atomic mass is 16.5. The van der Waals surface area contributed by atoms with Crippen molar-refractivity contribution >= 4 is 0 Å². The van der Waals surface area contributed by atoms with Gasteiger partial charge in [0, 0.05) is 25.7 Å². The molecule has 0 saturated heterocycles. The van der Waals surface area contributed by atoms with Crippen LogP contribution in [0.3, 0.4) is 0 Å². The molecule has 0 heterocycles. The fourth-order valence-electron chi connectivity index (χ4n) is 0.727. The Labute approximate surface area is 76.1 Å². The van der Waals surface area contributed by atoms with E-state index < -0.39 is 0 Å². The molecule has 0 saturated carbocycles. The molecule has 12 heavy (non-hydrogen) atoms. The third-order valence-corrected chi connectivity index (χ3v) is 2.25. The van der Waals surface area contributed by atoms with Gasteiger partial charge in [0.15, 0.2) is 0 Å². The standard InChI is InChI=1S/C9H22N2O/c1-9(2,11(3)4)8-10-6-7-12-5/h10H,6-8H2,1-5H3. The average Bonchev–Trinajstić information content (AvgIpc) is 1.98. The van der Waals surface area contributed by atoms with E-state index in [0.29, 0.717) is 0 Å². The van der Waals surface area contributed by atoms with E-state index in [1.165, 1.54) is 0 Å². The molecule has 3 heteroatoms. The summed E-state index contributed by atoms with van der Waals surface area (Å²) < 4.78 is 4.94. The predicted molar refractivity (Wildman–Crippen MR) is 52.5 cm³/mol. The normalized spacial score (nSPS) is 12.5. The van der Waals surface area contributed by atoms with Gasteiger partial charge in [-0.1, -0.05) is 0 Å². The van der Waals surface area contributed by atoms with E-state index in [0.717, 1.165) is 19.7 Å². The Morgan fingerprint density at radius 2 is 1.92 bits per heavy atom. The minimum absolute atomic E-state index is 0.216. The topological polar surface area (TPSA) is 24.5 Å². The second-order valence-electron chi connectivity index (χ2n) is 3.88. The first kappa shape index (κ1) is 11.9. The summed E-state index contributed by atoms with van der Waals surface area (Å²) >= 11 is 0. The van der Waals surface area contributed by atoms with Crippen molar-refractivity contribution in [2.45, 2.75) is 19.4 Å². The van der Waals surface area contributed by atoms with Crippen LogP contribution in [0, 0.1) is 0 Å². The molecule has 0 amide bonds. The van der Waals surface area contributed by atoms with Crippen LogP contribution >= 0.6 is 0 Å². The van der Waals surface area contributed by atoms with Crippen molar-refractivity contribution < 1.29 is 4.74 Å². The Balaban J connectivity index is 3.47. The molecule has 0 aliphatic carbocycles. The Morgan fingerprint density at radius 1 is 1.33 bits per heavy atom. The molecule has 0 aliphatic heterocycles. The predicted octanol–water partition coefficient (Wildman–Crippen LogP) is 0.563. The van der Waals surface area contributed by atoms with Crippen molar-refractivity contribution in [1.82, 2.24) is 10.2 Å². The van der Waals surface area contributed by atoms with Gasteiger partial charge < -0.3 is 15.0 Å². The Hall–Kier alpha value is -0.120. The van der Waals surface area contributed by atoms with Gasteiger partial charge in [-0.2, -0.15) is 0 Å². The van der Waals surface area contributed by atoms with Gasteiger partial charge in [-0.25, -0.2) is 0 Å². The van der Waals surface area contributed by atoms with Gasteiger partial charge in [-0.3, -0.25) is 0 Å². The zero-order valence-corrected chi connectivity index (χ0v) is 8.98. The van der Waals surface area contributed by atoms with E-state index in [4.69, 9.17) is 4.74 Å². The van der Waals surface area contributed by atoms with Crippen LogP contribution in [-0.4, -0.2) is 51.3 Å². The summed E-state index contributed by atoms with van der Waals surface area (Å²) in [6, 6.07) is 0. The lowest BCUT2D eigenvalue weighted by molar-refractivity contribution is 0.170. The first-order chi connectivity index (χ1) is 5.50. The summed E-state index contributed by atoms with van der Waals surface area (Å²) in [6.45, 7) is 7.13. The molecule has 0 rings (SSSR count). The van der Waals surface area contributed by atoms with E-state index in [2.05, 4.69) is 38.2 Å². The van der Waals surface area contributed by atoms with Gasteiger partial charge in [0.2, 0.25) is 0 Å². The average molecular weight is 174 g/mol. The fourth-order valence-corrected chi connectivity index (χ4v) is 0.727. The Morgan fingerprint density at radius 3 is 2.33 bits per heavy atom. The van der Waals surface area contributed by atoms with Gasteiger partial charge in [-0.05, 0) is 27.9 Å². The van der Waals surface area contributed by atoms with Crippen LogP contribution in [0.1, 0.15) is 13.8 Å². The van der Waals surface area contributed by atoms with Crippen molar-refractivity contribution in [3.63, 3.8) is 0 Å². The quantitative estimate of drug-likeness (QED) is 0.596. The molecule has 0 aromatic rings. The number of rotatable bonds is 6. The number of ether oxygens (including phenoxy) is 1. The first-order valence-electron chi connectivity index (χ1n) is 4.38. The Bertz CT molecular complexity index is 113. The number of hydrogen-bond acceptors (Lipinski definition) is 3. The SMILES string of the molecule is COCCNCC(C)(C)N(C)C. The van der Waals surface area contributed by atoms with Gasteiger partial charge in [-0.15, -0.1) is 0 Å². The van der Waals surface area contributed by atoms with Crippen LogP contribution in [0.5, 0.6) is 0 Å². The molecule has 0 unspecified atom stereocenters. The summed E-state index contributed by atoms with van der Waals surface area (Å²) in [4.78, 5) is 2.22. The molecule has 1 N–H and O–H groups in total. The number of methoxy groups -OCH3 is 1. The maximum atomic E-state index is 4.94. The summed E-state index contributed by atoms with van der Waals surface area (Å²) in [5.74, 6) is 0. The van der Waals surface area contributed by atoms with Gasteiger partial charge >= 0.3 is 0 Å². The summed E-state index contributed by atoms with van der Waals surface area (Å²) in [7, 11) is 5.91. The van der Waals surface area contributed by atoms with Gasteiger partial charge in [0.25, 0.3) is 0 Å². The van der Waals surface area contributed by atoms with E-state index in [1.807, 2.05) is 0 Å². The molecule has 0 aromatic heterocycles. The molecule has 0 radical (unpaired) electrons. The number of likely N-dealkylation sites (N-methyl/N-ethyl adjacent to an activating group) is 1. The zero-order valence-electron chi connectivity index (χ0n) is 8.98. The molecule has 0 bridgehead atoms. The molecule has 0 atom stereocenters. The summed E-state index contributed by atoms with van der Waals surface area (Å²) in [5, 5.41) is 3.34. The maximum absolute atomic E-state index is 4.94. The lowest BCUT2D eigenvalue weighted by Gasteiger charge is -2.32. The minimum atomic E-state index is 0.216. The highest BCUT2D eigenvalue weighted by molar-refractivity contribution is 4.79. The summed E-state index contributed by atoms with van der Waals surface area (Å²) in [6.07, 6.45) is 0. The van der Waals surface area contributed by atoms with Gasteiger partial charge in [0.05, 0.1) is 6.61 Å². The number of nitrogens with zero attached hydrogens (tertiary/aromatic N) is 1. The monoisotopic (exact) mass is 174 g/mol. The molecule has 0 aliphatic rings. The number of nitrogens with one attached hydrogen (secondary N) is 1. The zero-order chi connectivity index (χ0) is 9.61. The van der Waals surface area contributed by atoms with E-state index in [1.54, 1.807) is 7.11 Å². The lowest BCUT2D eigenvalue weighted by Crippen LogP contribution is -2.47. The second kappa shape index (κ2) is 5.51. The van der Waals surface area contributed by atoms with Crippen molar-refractivity contribution in [3.05, 3.63) is 0 Å². The smallest absolute Gasteiger partial charge is 0.0587 e. The largest absolute Gasteiger partial charge is 0.383 e. The van der Waals surface area contributed by atoms with Crippen LogP contribution < -0.4 is 5.32 Å². The molecule has 0 spiro atoms. The van der Waals surface area contributed by atoms with Crippen LogP contribution in [0.25, 0.3) is 0 Å². The van der Waals surface area contributed by atoms with Crippen LogP contribution in [0.15, 0.2) is 0 Å². The first-order valence-corrected chi connectivity index (χ1v) is 4.38. The molecular weight excluding hydrogens is 152 g/mol. The fraction of sp³-hybridized carbons (Fsp3) is 1.00. The van der Waals surface area contributed by atoms with E-state index in [-0.39, 0.29) is 5.54 Å². The van der Waals surface area contributed by atoms with Crippen LogP contribution in [-0.2, 0) is 4.74 Å². The third kappa shape index (κ3) is 4.70. The maximum Gasteiger partial charge on any atom is 0.0587 e. The van der Waals surface area contributed by atoms with E-state index >= 15 is 0 Å². The van der Waals surface area contributed by atoms with Crippen molar-refractivity contribution in [3.8, 4) is 0 Å². The van der Waals surface area contributed by atoms with Gasteiger partial charge in [0.1, 0.15) is 0 Å². The highest BCUT2D eigenvalue weighted by Crippen LogP contribution is 2.07. The molecule has 0 fully saturated rings. The molecule has 3 nitrogen and oxygen atoms in total. The molecular formula is C9H22N2O.